The Morgan fingerprint density at radius 2 is 1.92 bits per heavy atom. The molecule has 36 heavy (non-hydrogen) atoms. The standard InChI is InChI=1S/C29H30BrNO5/c1-18(16-33-3)35-27(32)14-23-8-4-5-10-26(23)34-17-21-12-24(22-9-6-7-20(11-22)15-31)29-25(13-21)28(30)19(2)36-29/h4-13,18H,14-17,31H2,1-3H3/p+1. The summed E-state index contributed by atoms with van der Waals surface area (Å²) in [7, 11) is 1.70. The fraction of sp³-hybridized carbons (Fsp3) is 0.276. The van der Waals surface area contributed by atoms with Crippen molar-refractivity contribution in [1.82, 2.24) is 0 Å². The Morgan fingerprint density at radius 1 is 1.11 bits per heavy atom. The predicted octanol–water partition coefficient (Wildman–Crippen LogP) is 5.84. The largest absolute Gasteiger partial charge is 0.489 e. The number of aryl methyl sites for hydroxylation is 1. The van der Waals surface area contributed by atoms with Crippen molar-refractivity contribution in [1.29, 1.82) is 0 Å². The molecule has 0 aliphatic heterocycles. The number of aliphatic hydroxyl groups is 2. The molecule has 1 aromatic heterocycles. The van der Waals surface area contributed by atoms with Gasteiger partial charge in [-0.25, -0.2) is 0 Å². The van der Waals surface area contributed by atoms with Crippen molar-refractivity contribution in [3.63, 3.8) is 0 Å². The molecule has 0 fully saturated rings. The van der Waals surface area contributed by atoms with Crippen LogP contribution >= 0.6 is 15.9 Å². The summed E-state index contributed by atoms with van der Waals surface area (Å²) in [6.07, 6.45) is -0.122. The first-order valence-electron chi connectivity index (χ1n) is 11.9. The van der Waals surface area contributed by atoms with Crippen LogP contribution in [0.4, 0.5) is 0 Å². The average Bonchev–Trinajstić information content (AvgIpc) is 3.16. The predicted molar refractivity (Wildman–Crippen MR) is 145 cm³/mol. The highest BCUT2D eigenvalue weighted by Gasteiger charge is 2.17. The molecule has 7 heteroatoms. The van der Waals surface area contributed by atoms with E-state index in [-0.39, 0.29) is 18.5 Å². The Labute approximate surface area is 219 Å². The van der Waals surface area contributed by atoms with E-state index in [0.717, 1.165) is 49.0 Å². The molecule has 0 bridgehead atoms. The minimum Gasteiger partial charge on any atom is -0.489 e. The van der Waals surface area contributed by atoms with E-state index in [0.29, 0.717) is 25.5 Å². The molecule has 188 valence electrons. The van der Waals surface area contributed by atoms with Crippen LogP contribution < -0.4 is 10.5 Å². The summed E-state index contributed by atoms with van der Waals surface area (Å²) in [6, 6.07) is 19.8. The normalized spacial score (nSPS) is 12.0. The summed E-state index contributed by atoms with van der Waals surface area (Å²) in [5.41, 5.74) is 11.5. The minimum atomic E-state index is -0.302. The Morgan fingerprint density at radius 3 is 2.69 bits per heavy atom. The van der Waals surface area contributed by atoms with Crippen LogP contribution in [0.5, 0.6) is 5.75 Å². The van der Waals surface area contributed by atoms with Crippen molar-refractivity contribution in [2.45, 2.75) is 39.5 Å². The lowest BCUT2D eigenvalue weighted by atomic mass is 9.99. The van der Waals surface area contributed by atoms with Gasteiger partial charge in [-0.1, -0.05) is 36.4 Å². The zero-order chi connectivity index (χ0) is 25.7. The minimum absolute atomic E-state index is 0.132. The van der Waals surface area contributed by atoms with Crippen LogP contribution in [0.3, 0.4) is 0 Å². The monoisotopic (exact) mass is 552 g/mol. The smallest absolute Gasteiger partial charge is 0.310 e. The first-order chi connectivity index (χ1) is 17.4. The number of esters is 1. The Hall–Kier alpha value is -3.13. The molecule has 1 heterocycles. The topological polar surface area (TPSA) is 87.5 Å². The summed E-state index contributed by atoms with van der Waals surface area (Å²) >= 11 is 3.67. The second-order valence-electron chi connectivity index (χ2n) is 8.77. The number of fused-ring (bicyclic) bond motifs is 1. The lowest BCUT2D eigenvalue weighted by Crippen LogP contribution is -2.22. The van der Waals surface area contributed by atoms with E-state index in [4.69, 9.17) is 19.6 Å². The molecule has 0 saturated carbocycles. The van der Waals surface area contributed by atoms with Gasteiger partial charge in [0.05, 0.1) is 10.9 Å². The second kappa shape index (κ2) is 11.7. The van der Waals surface area contributed by atoms with E-state index >= 15 is 0 Å². The third-order valence-corrected chi connectivity index (χ3v) is 6.88. The molecule has 0 aliphatic carbocycles. The SMILES string of the molecule is C[OH+]CC(C)OC(=O)Cc1ccccc1OCc1cc(-c2cccc(CN)c2)c2oc(C)c(Br)c2c1. The van der Waals surface area contributed by atoms with Crippen molar-refractivity contribution < 1.29 is 23.4 Å². The molecule has 0 amide bonds. The van der Waals surface area contributed by atoms with Gasteiger partial charge in [-0.2, -0.15) is 0 Å². The zero-order valence-corrected chi connectivity index (χ0v) is 22.3. The van der Waals surface area contributed by atoms with Gasteiger partial charge in [-0.15, -0.1) is 0 Å². The molecule has 3 aromatic carbocycles. The van der Waals surface area contributed by atoms with Gasteiger partial charge in [-0.05, 0) is 70.7 Å². The molecule has 4 aromatic rings. The fourth-order valence-corrected chi connectivity index (χ4v) is 4.56. The lowest BCUT2D eigenvalue weighted by Gasteiger charge is -2.14. The molecule has 0 radical (unpaired) electrons. The van der Waals surface area contributed by atoms with E-state index in [9.17, 15) is 4.79 Å². The van der Waals surface area contributed by atoms with Crippen LogP contribution in [0.2, 0.25) is 0 Å². The Balaban J connectivity index is 1.61. The number of ether oxygens (including phenoxy) is 3. The van der Waals surface area contributed by atoms with Crippen LogP contribution in [0.25, 0.3) is 22.1 Å². The van der Waals surface area contributed by atoms with E-state index in [1.807, 2.05) is 50.2 Å². The van der Waals surface area contributed by atoms with Gasteiger partial charge in [0.15, 0.2) is 12.7 Å². The molecular formula is C29H31BrNO5+. The van der Waals surface area contributed by atoms with Gasteiger partial charge in [0.25, 0.3) is 0 Å². The maximum absolute atomic E-state index is 12.4. The second-order valence-corrected chi connectivity index (χ2v) is 9.56. The third kappa shape index (κ3) is 5.98. The average molecular weight is 553 g/mol. The van der Waals surface area contributed by atoms with Crippen molar-refractivity contribution >= 4 is 32.9 Å². The van der Waals surface area contributed by atoms with E-state index in [2.05, 4.69) is 44.9 Å². The van der Waals surface area contributed by atoms with Gasteiger partial charge in [0.1, 0.15) is 30.8 Å². The number of carbonyl (C=O) groups is 1. The summed E-state index contributed by atoms with van der Waals surface area (Å²) in [5.74, 6) is 1.16. The maximum atomic E-state index is 12.4. The van der Waals surface area contributed by atoms with Crippen LogP contribution in [0.1, 0.15) is 29.4 Å². The Kier molecular flexibility index (Phi) is 8.46. The van der Waals surface area contributed by atoms with E-state index in [1.165, 1.54) is 0 Å². The molecule has 6 nitrogen and oxygen atoms in total. The molecule has 1 unspecified atom stereocenters. The van der Waals surface area contributed by atoms with Crippen molar-refractivity contribution in [2.24, 2.45) is 5.73 Å². The zero-order valence-electron chi connectivity index (χ0n) is 20.7. The highest BCUT2D eigenvalue weighted by atomic mass is 79.9. The number of benzene rings is 3. The quantitative estimate of drug-likeness (QED) is 0.197. The summed E-state index contributed by atoms with van der Waals surface area (Å²) in [4.78, 5) is 12.4. The molecule has 1 atom stereocenters. The van der Waals surface area contributed by atoms with Crippen LogP contribution in [0, 0.1) is 6.92 Å². The van der Waals surface area contributed by atoms with Gasteiger partial charge in [0, 0.05) is 23.1 Å². The molecule has 4 rings (SSSR count). The number of rotatable bonds is 10. The van der Waals surface area contributed by atoms with Crippen molar-refractivity contribution in [2.75, 3.05) is 13.7 Å². The first-order valence-corrected chi connectivity index (χ1v) is 12.7. The van der Waals surface area contributed by atoms with Crippen molar-refractivity contribution in [3.05, 3.63) is 87.6 Å². The van der Waals surface area contributed by atoms with E-state index < -0.39 is 0 Å². The van der Waals surface area contributed by atoms with Gasteiger partial charge in [-0.3, -0.25) is 4.79 Å². The maximum Gasteiger partial charge on any atom is 0.310 e. The lowest BCUT2D eigenvalue weighted by molar-refractivity contribution is -0.154. The summed E-state index contributed by atoms with van der Waals surface area (Å²) in [6.45, 7) is 5.04. The molecule has 0 aliphatic rings. The van der Waals surface area contributed by atoms with Gasteiger partial charge >= 0.3 is 5.97 Å². The van der Waals surface area contributed by atoms with Crippen LogP contribution in [-0.4, -0.2) is 30.5 Å². The molecule has 0 saturated heterocycles. The molecule has 0 spiro atoms. The highest BCUT2D eigenvalue weighted by molar-refractivity contribution is 9.10. The number of hydrogen-bond acceptors (Lipinski definition) is 5. The summed E-state index contributed by atoms with van der Waals surface area (Å²) < 4.78 is 22.7. The number of furan rings is 1. The van der Waals surface area contributed by atoms with Gasteiger partial charge < -0.3 is 24.4 Å². The summed E-state index contributed by atoms with van der Waals surface area (Å²) in [5, 5.41) is 0.981. The van der Waals surface area contributed by atoms with Gasteiger partial charge in [0.2, 0.25) is 0 Å². The fourth-order valence-electron chi connectivity index (χ4n) is 4.18. The van der Waals surface area contributed by atoms with Crippen molar-refractivity contribution in [3.8, 4) is 16.9 Å². The van der Waals surface area contributed by atoms with E-state index in [1.54, 1.807) is 7.11 Å². The van der Waals surface area contributed by atoms with Crippen LogP contribution in [0.15, 0.2) is 69.6 Å². The number of halogens is 1. The molecule has 3 N–H and O–H groups in total. The Bertz CT molecular complexity index is 1360. The number of hydrogen-bond donors (Lipinski definition) is 1. The number of carbonyl (C=O) groups excluding carboxylic acids is 1. The first kappa shape index (κ1) is 25.9. The molecular weight excluding hydrogens is 522 g/mol. The number of para-hydroxylation sites is 1. The number of nitrogens with two attached hydrogens (primary N) is 1. The highest BCUT2D eigenvalue weighted by Crippen LogP contribution is 2.38. The third-order valence-electron chi connectivity index (χ3n) is 5.90. The van der Waals surface area contributed by atoms with Crippen LogP contribution in [-0.2, 0) is 29.1 Å².